The molecule has 1 N–H and O–H groups in total. The summed E-state index contributed by atoms with van der Waals surface area (Å²) in [6, 6.07) is 1.87. The van der Waals surface area contributed by atoms with E-state index in [0.717, 1.165) is 38.6 Å². The van der Waals surface area contributed by atoms with E-state index in [1.54, 1.807) is 13.1 Å². The molecular formula is C14H21F3N4. The second kappa shape index (κ2) is 6.49. The summed E-state index contributed by atoms with van der Waals surface area (Å²) < 4.78 is 38.8. The van der Waals surface area contributed by atoms with Crippen molar-refractivity contribution in [2.45, 2.75) is 51.2 Å². The Bertz CT molecular complexity index is 474. The Hall–Kier alpha value is -1.53. The van der Waals surface area contributed by atoms with Crippen molar-refractivity contribution in [2.24, 2.45) is 0 Å². The average molecular weight is 302 g/mol. The van der Waals surface area contributed by atoms with Gasteiger partial charge in [0.1, 0.15) is 11.6 Å². The highest BCUT2D eigenvalue weighted by Gasteiger charge is 2.36. The topological polar surface area (TPSA) is 41.0 Å². The molecule has 1 aromatic heterocycles. The second-order valence-electron chi connectivity index (χ2n) is 5.31. The molecule has 4 nitrogen and oxygen atoms in total. The molecule has 0 saturated carbocycles. The van der Waals surface area contributed by atoms with E-state index in [9.17, 15) is 13.2 Å². The van der Waals surface area contributed by atoms with Crippen molar-refractivity contribution in [3.63, 3.8) is 0 Å². The van der Waals surface area contributed by atoms with Gasteiger partial charge in [-0.1, -0.05) is 13.3 Å². The zero-order valence-corrected chi connectivity index (χ0v) is 12.4. The highest BCUT2D eigenvalue weighted by Crippen LogP contribution is 2.32. The summed E-state index contributed by atoms with van der Waals surface area (Å²) in [5.74, 6) is -0.502. The number of rotatable bonds is 4. The number of piperidine rings is 1. The van der Waals surface area contributed by atoms with Crippen LogP contribution in [0.3, 0.4) is 0 Å². The lowest BCUT2D eigenvalue weighted by Crippen LogP contribution is -2.40. The van der Waals surface area contributed by atoms with Gasteiger partial charge in [0, 0.05) is 25.7 Å². The normalized spacial score (nSPS) is 19.7. The van der Waals surface area contributed by atoms with E-state index in [2.05, 4.69) is 22.2 Å². The van der Waals surface area contributed by atoms with Crippen LogP contribution < -0.4 is 10.2 Å². The summed E-state index contributed by atoms with van der Waals surface area (Å²) in [6.45, 7) is 2.84. The average Bonchev–Trinajstić information content (AvgIpc) is 2.47. The molecule has 1 saturated heterocycles. The molecular weight excluding hydrogens is 281 g/mol. The molecule has 7 heteroatoms. The van der Waals surface area contributed by atoms with Crippen LogP contribution in [0.5, 0.6) is 0 Å². The highest BCUT2D eigenvalue weighted by molar-refractivity contribution is 5.50. The van der Waals surface area contributed by atoms with Gasteiger partial charge >= 0.3 is 6.18 Å². The molecule has 1 atom stereocenters. The second-order valence-corrected chi connectivity index (χ2v) is 5.31. The van der Waals surface area contributed by atoms with Gasteiger partial charge in [-0.2, -0.15) is 13.2 Å². The van der Waals surface area contributed by atoms with Crippen molar-refractivity contribution >= 4 is 11.6 Å². The minimum Gasteiger partial charge on any atom is -0.373 e. The highest BCUT2D eigenvalue weighted by atomic mass is 19.4. The monoisotopic (exact) mass is 302 g/mol. The fourth-order valence-electron chi connectivity index (χ4n) is 2.77. The van der Waals surface area contributed by atoms with Gasteiger partial charge in [0.2, 0.25) is 5.82 Å². The summed E-state index contributed by atoms with van der Waals surface area (Å²) >= 11 is 0. The van der Waals surface area contributed by atoms with E-state index in [-0.39, 0.29) is 11.9 Å². The fraction of sp³-hybridized carbons (Fsp3) is 0.714. The van der Waals surface area contributed by atoms with Crippen molar-refractivity contribution in [1.82, 2.24) is 9.97 Å². The Labute approximate surface area is 122 Å². The van der Waals surface area contributed by atoms with Crippen molar-refractivity contribution in [2.75, 3.05) is 23.8 Å². The number of nitrogens with one attached hydrogen (secondary N) is 1. The van der Waals surface area contributed by atoms with Crippen LogP contribution in [0.25, 0.3) is 0 Å². The molecule has 1 aliphatic heterocycles. The molecule has 0 aromatic carbocycles. The van der Waals surface area contributed by atoms with Gasteiger partial charge < -0.3 is 10.2 Å². The molecule has 0 radical (unpaired) electrons. The zero-order valence-electron chi connectivity index (χ0n) is 12.4. The first-order valence-electron chi connectivity index (χ1n) is 7.36. The van der Waals surface area contributed by atoms with E-state index in [1.165, 1.54) is 0 Å². The predicted octanol–water partition coefficient (Wildman–Crippen LogP) is 3.70. The first-order valence-corrected chi connectivity index (χ1v) is 7.36. The largest absolute Gasteiger partial charge is 0.451 e. The van der Waals surface area contributed by atoms with Crippen LogP contribution in [0.1, 0.15) is 44.9 Å². The summed E-state index contributed by atoms with van der Waals surface area (Å²) in [5, 5.41) is 2.69. The number of halogens is 3. The number of aromatic nitrogens is 2. The molecule has 1 aromatic rings. The smallest absolute Gasteiger partial charge is 0.373 e. The third-order valence-electron chi connectivity index (χ3n) is 3.77. The van der Waals surface area contributed by atoms with E-state index in [4.69, 9.17) is 0 Å². The van der Waals surface area contributed by atoms with Gasteiger partial charge in [-0.25, -0.2) is 9.97 Å². The molecule has 2 rings (SSSR count). The van der Waals surface area contributed by atoms with E-state index in [1.807, 2.05) is 4.90 Å². The molecule has 0 aliphatic carbocycles. The Morgan fingerprint density at radius 2 is 2.10 bits per heavy atom. The minimum atomic E-state index is -4.53. The van der Waals surface area contributed by atoms with Crippen molar-refractivity contribution in [3.8, 4) is 0 Å². The molecule has 21 heavy (non-hydrogen) atoms. The molecule has 0 spiro atoms. The van der Waals surface area contributed by atoms with E-state index < -0.39 is 12.0 Å². The molecule has 0 amide bonds. The van der Waals surface area contributed by atoms with Crippen LogP contribution in [0.15, 0.2) is 6.07 Å². The summed E-state index contributed by atoms with van der Waals surface area (Å²) in [7, 11) is 1.56. The lowest BCUT2D eigenvalue weighted by Gasteiger charge is -2.37. The summed E-state index contributed by atoms with van der Waals surface area (Å²) in [5.41, 5.74) is 0. The Kier molecular flexibility index (Phi) is 4.90. The summed E-state index contributed by atoms with van der Waals surface area (Å²) in [4.78, 5) is 9.28. The van der Waals surface area contributed by atoms with Crippen LogP contribution in [-0.4, -0.2) is 29.6 Å². The zero-order chi connectivity index (χ0) is 15.5. The maximum atomic E-state index is 12.9. The fourth-order valence-corrected chi connectivity index (χ4v) is 2.77. The van der Waals surface area contributed by atoms with Crippen LogP contribution >= 0.6 is 0 Å². The van der Waals surface area contributed by atoms with Gasteiger partial charge in [0.05, 0.1) is 0 Å². The molecule has 1 unspecified atom stereocenters. The van der Waals surface area contributed by atoms with Gasteiger partial charge in [-0.15, -0.1) is 0 Å². The number of hydrogen-bond donors (Lipinski definition) is 1. The Balaban J connectivity index is 2.36. The Morgan fingerprint density at radius 1 is 1.33 bits per heavy atom. The van der Waals surface area contributed by atoms with Crippen LogP contribution in [-0.2, 0) is 6.18 Å². The number of nitrogens with zero attached hydrogens (tertiary/aromatic N) is 3. The lowest BCUT2D eigenvalue weighted by molar-refractivity contribution is -0.144. The van der Waals surface area contributed by atoms with Crippen molar-refractivity contribution < 1.29 is 13.2 Å². The molecule has 118 valence electrons. The third-order valence-corrected chi connectivity index (χ3v) is 3.77. The SMILES string of the molecule is CCCC1CCCCN1c1cc(NC)nc(C(F)(F)F)n1. The van der Waals surface area contributed by atoms with Gasteiger partial charge in [-0.05, 0) is 25.7 Å². The third kappa shape index (κ3) is 3.77. The van der Waals surface area contributed by atoms with Gasteiger partial charge in [0.15, 0.2) is 0 Å². The maximum absolute atomic E-state index is 12.9. The number of alkyl halides is 3. The van der Waals surface area contributed by atoms with Crippen molar-refractivity contribution in [1.29, 1.82) is 0 Å². The van der Waals surface area contributed by atoms with Gasteiger partial charge in [-0.3, -0.25) is 0 Å². The maximum Gasteiger partial charge on any atom is 0.451 e. The molecule has 2 heterocycles. The predicted molar refractivity (Wildman–Crippen MR) is 76.5 cm³/mol. The molecule has 1 aliphatic rings. The standard InChI is InChI=1S/C14H21F3N4/c1-3-6-10-7-4-5-8-21(10)12-9-11(18-2)19-13(20-12)14(15,16)17/h9-10H,3-8H2,1-2H3,(H,18,19,20). The molecule has 1 fully saturated rings. The van der Waals surface area contributed by atoms with Crippen LogP contribution in [0.2, 0.25) is 0 Å². The van der Waals surface area contributed by atoms with Crippen LogP contribution in [0.4, 0.5) is 24.8 Å². The van der Waals surface area contributed by atoms with Crippen LogP contribution in [0, 0.1) is 0 Å². The quantitative estimate of drug-likeness (QED) is 0.921. The summed E-state index contributed by atoms with van der Waals surface area (Å²) in [6.07, 6.45) is 0.570. The minimum absolute atomic E-state index is 0.202. The van der Waals surface area contributed by atoms with E-state index >= 15 is 0 Å². The number of hydrogen-bond acceptors (Lipinski definition) is 4. The lowest BCUT2D eigenvalue weighted by atomic mass is 9.98. The Morgan fingerprint density at radius 3 is 2.71 bits per heavy atom. The van der Waals surface area contributed by atoms with E-state index in [0.29, 0.717) is 5.82 Å². The van der Waals surface area contributed by atoms with Gasteiger partial charge in [0.25, 0.3) is 0 Å². The van der Waals surface area contributed by atoms with Crippen molar-refractivity contribution in [3.05, 3.63) is 11.9 Å². The number of anilines is 2. The first kappa shape index (κ1) is 15.9. The molecule has 0 bridgehead atoms. The first-order chi connectivity index (χ1) is 9.95.